The average Bonchev–Trinajstić information content (AvgIpc) is 2.95. The monoisotopic (exact) mass is 398 g/mol. The van der Waals surface area contributed by atoms with Crippen LogP contribution in [-0.2, 0) is 14.6 Å². The molecule has 0 saturated heterocycles. The molecule has 0 N–H and O–H groups in total. The van der Waals surface area contributed by atoms with Crippen molar-refractivity contribution in [2.75, 3.05) is 29.5 Å². The second-order valence-corrected chi connectivity index (χ2v) is 9.09. The van der Waals surface area contributed by atoms with Crippen LogP contribution >= 0.6 is 24.0 Å². The highest BCUT2D eigenvalue weighted by Gasteiger charge is 2.31. The van der Waals surface area contributed by atoms with Gasteiger partial charge in [0.1, 0.15) is 4.32 Å². The molecule has 5 nitrogen and oxygen atoms in total. The number of para-hydroxylation sites is 1. The molecule has 1 heterocycles. The number of carbonyl (C=O) groups excluding carboxylic acids is 1. The second kappa shape index (κ2) is 8.82. The standard InChI is InChI=1S/C17H22N2O3S3/c1-3-18(4-2)17(23)24-12-16(20)19(14-8-6-5-7-9-14)15-10-11-25(21,22)13-15/h5-11,15H,3-4,12-13H2,1-2H3/t15-/m1/s1. The Kier molecular flexibility index (Phi) is 7.04. The number of nitrogens with zero attached hydrogens (tertiary/aromatic N) is 2. The van der Waals surface area contributed by atoms with E-state index in [-0.39, 0.29) is 17.4 Å². The molecule has 0 unspecified atom stereocenters. The van der Waals surface area contributed by atoms with E-state index in [1.54, 1.807) is 11.0 Å². The number of thiocarbonyl (C=S) groups is 1. The number of rotatable bonds is 6. The number of thioether (sulfide) groups is 1. The number of hydrogen-bond acceptors (Lipinski definition) is 5. The summed E-state index contributed by atoms with van der Waals surface area (Å²) in [5.41, 5.74) is 0.689. The maximum absolute atomic E-state index is 12.8. The predicted molar refractivity (Wildman–Crippen MR) is 109 cm³/mol. The molecule has 1 amide bonds. The summed E-state index contributed by atoms with van der Waals surface area (Å²) in [6.45, 7) is 5.62. The normalized spacial score (nSPS) is 18.1. The van der Waals surface area contributed by atoms with Gasteiger partial charge in [-0.3, -0.25) is 4.79 Å². The Morgan fingerprint density at radius 2 is 1.88 bits per heavy atom. The summed E-state index contributed by atoms with van der Waals surface area (Å²) in [5, 5.41) is 1.19. The Hall–Kier alpha value is -1.38. The first kappa shape index (κ1) is 19.9. The van der Waals surface area contributed by atoms with Gasteiger partial charge in [0, 0.05) is 24.2 Å². The minimum atomic E-state index is -3.25. The highest BCUT2D eigenvalue weighted by Crippen LogP contribution is 2.24. The van der Waals surface area contributed by atoms with Crippen molar-refractivity contribution in [2.24, 2.45) is 0 Å². The molecule has 1 aliphatic heterocycles. The van der Waals surface area contributed by atoms with Gasteiger partial charge in [0.25, 0.3) is 0 Å². The van der Waals surface area contributed by atoms with Gasteiger partial charge in [-0.15, -0.1) is 0 Å². The molecule has 136 valence electrons. The van der Waals surface area contributed by atoms with E-state index in [0.29, 0.717) is 10.0 Å². The maximum atomic E-state index is 12.8. The third-order valence-electron chi connectivity index (χ3n) is 3.89. The Bertz CT molecular complexity index is 744. The summed E-state index contributed by atoms with van der Waals surface area (Å²) in [4.78, 5) is 16.4. The molecule has 0 aromatic heterocycles. The van der Waals surface area contributed by atoms with Crippen LogP contribution in [0.25, 0.3) is 0 Å². The Morgan fingerprint density at radius 3 is 2.40 bits per heavy atom. The quantitative estimate of drug-likeness (QED) is 0.687. The van der Waals surface area contributed by atoms with Gasteiger partial charge in [-0.25, -0.2) is 8.42 Å². The van der Waals surface area contributed by atoms with Crippen LogP contribution in [0.1, 0.15) is 13.8 Å². The van der Waals surface area contributed by atoms with Gasteiger partial charge >= 0.3 is 0 Å². The fourth-order valence-electron chi connectivity index (χ4n) is 2.60. The van der Waals surface area contributed by atoms with Gasteiger partial charge in [-0.1, -0.05) is 42.2 Å². The lowest BCUT2D eigenvalue weighted by Gasteiger charge is -2.28. The van der Waals surface area contributed by atoms with Crippen LogP contribution in [0.15, 0.2) is 41.8 Å². The summed E-state index contributed by atoms with van der Waals surface area (Å²) in [7, 11) is -3.25. The van der Waals surface area contributed by atoms with E-state index < -0.39 is 15.9 Å². The van der Waals surface area contributed by atoms with Crippen molar-refractivity contribution in [3.63, 3.8) is 0 Å². The molecule has 0 aliphatic carbocycles. The lowest BCUT2D eigenvalue weighted by molar-refractivity contribution is -0.116. The lowest BCUT2D eigenvalue weighted by atomic mass is 10.2. The van der Waals surface area contributed by atoms with Crippen LogP contribution in [0.4, 0.5) is 5.69 Å². The molecular formula is C17H22N2O3S3. The van der Waals surface area contributed by atoms with Gasteiger partial charge in [0.15, 0.2) is 9.84 Å². The van der Waals surface area contributed by atoms with Crippen molar-refractivity contribution < 1.29 is 13.2 Å². The van der Waals surface area contributed by atoms with Crippen molar-refractivity contribution >= 4 is 49.7 Å². The average molecular weight is 399 g/mol. The summed E-state index contributed by atoms with van der Waals surface area (Å²) in [6.07, 6.45) is 1.58. The third kappa shape index (κ3) is 5.29. The Labute approximate surface area is 159 Å². The summed E-state index contributed by atoms with van der Waals surface area (Å²) < 4.78 is 24.2. The molecule has 0 saturated carbocycles. The van der Waals surface area contributed by atoms with Crippen molar-refractivity contribution in [1.29, 1.82) is 0 Å². The van der Waals surface area contributed by atoms with Crippen LogP contribution in [0, 0.1) is 0 Å². The topological polar surface area (TPSA) is 57.7 Å². The van der Waals surface area contributed by atoms with Gasteiger partial charge < -0.3 is 9.80 Å². The largest absolute Gasteiger partial charge is 0.358 e. The first-order valence-corrected chi connectivity index (χ1v) is 11.2. The summed E-state index contributed by atoms with van der Waals surface area (Å²) in [6, 6.07) is 8.65. The van der Waals surface area contributed by atoms with Crippen molar-refractivity contribution in [1.82, 2.24) is 4.90 Å². The van der Waals surface area contributed by atoms with Crippen molar-refractivity contribution in [3.05, 3.63) is 41.8 Å². The molecule has 0 bridgehead atoms. The first-order chi connectivity index (χ1) is 11.9. The van der Waals surface area contributed by atoms with Crippen LogP contribution in [0.5, 0.6) is 0 Å². The van der Waals surface area contributed by atoms with E-state index in [9.17, 15) is 13.2 Å². The van der Waals surface area contributed by atoms with Gasteiger partial charge in [0.05, 0.1) is 17.5 Å². The molecule has 1 aromatic carbocycles. The third-order valence-corrected chi connectivity index (χ3v) is 6.77. The molecular weight excluding hydrogens is 376 g/mol. The number of hydrogen-bond donors (Lipinski definition) is 0. The smallest absolute Gasteiger partial charge is 0.238 e. The molecule has 1 atom stereocenters. The van der Waals surface area contributed by atoms with E-state index in [1.807, 2.05) is 49.1 Å². The molecule has 0 fully saturated rings. The number of carbonyl (C=O) groups is 1. The van der Waals surface area contributed by atoms with Crippen LogP contribution in [0.2, 0.25) is 0 Å². The fraction of sp³-hybridized carbons (Fsp3) is 0.412. The Balaban J connectivity index is 2.15. The molecule has 0 spiro atoms. The number of anilines is 1. The van der Waals surface area contributed by atoms with Crippen LogP contribution in [-0.4, -0.2) is 54.2 Å². The van der Waals surface area contributed by atoms with Gasteiger partial charge in [-0.2, -0.15) is 0 Å². The SMILES string of the molecule is CCN(CC)C(=S)SCC(=O)N(c1ccccc1)[C@@H]1C=CS(=O)(=O)C1. The van der Waals surface area contributed by atoms with Crippen LogP contribution < -0.4 is 4.90 Å². The molecule has 8 heteroatoms. The molecule has 1 aromatic rings. The maximum Gasteiger partial charge on any atom is 0.238 e. The highest BCUT2D eigenvalue weighted by molar-refractivity contribution is 8.23. The molecule has 0 radical (unpaired) electrons. The number of benzene rings is 1. The molecule has 2 rings (SSSR count). The van der Waals surface area contributed by atoms with E-state index in [0.717, 1.165) is 13.1 Å². The van der Waals surface area contributed by atoms with Gasteiger partial charge in [-0.05, 0) is 32.1 Å². The summed E-state index contributed by atoms with van der Waals surface area (Å²) >= 11 is 6.69. The fourth-order valence-corrected chi connectivity index (χ4v) is 5.13. The van der Waals surface area contributed by atoms with E-state index in [4.69, 9.17) is 12.2 Å². The predicted octanol–water partition coefficient (Wildman–Crippen LogP) is 2.69. The zero-order valence-corrected chi connectivity index (χ0v) is 16.7. The second-order valence-electron chi connectivity index (χ2n) is 5.55. The minimum Gasteiger partial charge on any atom is -0.358 e. The van der Waals surface area contributed by atoms with E-state index in [2.05, 4.69) is 0 Å². The van der Waals surface area contributed by atoms with Gasteiger partial charge in [0.2, 0.25) is 5.91 Å². The zero-order valence-electron chi connectivity index (χ0n) is 14.3. The molecule has 25 heavy (non-hydrogen) atoms. The molecule has 1 aliphatic rings. The number of sulfone groups is 1. The van der Waals surface area contributed by atoms with E-state index >= 15 is 0 Å². The lowest BCUT2D eigenvalue weighted by Crippen LogP contribution is -2.42. The Morgan fingerprint density at radius 1 is 1.24 bits per heavy atom. The van der Waals surface area contributed by atoms with Crippen molar-refractivity contribution in [2.45, 2.75) is 19.9 Å². The minimum absolute atomic E-state index is 0.0845. The zero-order chi connectivity index (χ0) is 18.4. The summed E-state index contributed by atoms with van der Waals surface area (Å²) in [5.74, 6) is -0.0645. The first-order valence-electron chi connectivity index (χ1n) is 8.07. The highest BCUT2D eigenvalue weighted by atomic mass is 32.2. The number of amides is 1. The van der Waals surface area contributed by atoms with E-state index in [1.165, 1.54) is 17.2 Å². The van der Waals surface area contributed by atoms with Crippen molar-refractivity contribution in [3.8, 4) is 0 Å². The van der Waals surface area contributed by atoms with Crippen LogP contribution in [0.3, 0.4) is 0 Å².